The number of methoxy groups -OCH3 is 1. The predicted octanol–water partition coefficient (Wildman–Crippen LogP) is 2.76. The molecule has 5 nitrogen and oxygen atoms in total. The molecule has 0 aliphatic rings. The first-order chi connectivity index (χ1) is 10.2. The van der Waals surface area contributed by atoms with Gasteiger partial charge in [0.05, 0.1) is 12.7 Å². The van der Waals surface area contributed by atoms with Crippen LogP contribution in [0.2, 0.25) is 5.02 Å². The van der Waals surface area contributed by atoms with Gasteiger partial charge in [0.1, 0.15) is 5.82 Å². The fourth-order valence-electron chi connectivity index (χ4n) is 2.09. The number of pyridine rings is 1. The molecule has 0 N–H and O–H groups in total. The molecular formula is C15H12ClN3O2. The predicted molar refractivity (Wildman–Crippen MR) is 78.6 cm³/mol. The zero-order valence-electron chi connectivity index (χ0n) is 11.3. The number of halogens is 1. The topological polar surface area (TPSA) is 56.5 Å². The molecule has 0 unspecified atom stereocenters. The van der Waals surface area contributed by atoms with Gasteiger partial charge in [-0.15, -0.1) is 10.2 Å². The summed E-state index contributed by atoms with van der Waals surface area (Å²) in [6.07, 6.45) is 2.41. The Morgan fingerprint density at radius 2 is 2.00 bits per heavy atom. The van der Waals surface area contributed by atoms with Crippen molar-refractivity contribution >= 4 is 23.2 Å². The van der Waals surface area contributed by atoms with Crippen molar-refractivity contribution in [2.75, 3.05) is 7.11 Å². The Labute approximate surface area is 126 Å². The molecule has 21 heavy (non-hydrogen) atoms. The van der Waals surface area contributed by atoms with E-state index in [0.29, 0.717) is 22.7 Å². The van der Waals surface area contributed by atoms with E-state index in [1.807, 2.05) is 28.7 Å². The fraction of sp³-hybridized carbons (Fsp3) is 0.133. The zero-order valence-corrected chi connectivity index (χ0v) is 12.0. The minimum atomic E-state index is -0.389. The number of carbonyl (C=O) groups is 1. The highest BCUT2D eigenvalue weighted by atomic mass is 35.5. The van der Waals surface area contributed by atoms with E-state index in [4.69, 9.17) is 11.6 Å². The molecule has 0 aliphatic heterocycles. The summed E-state index contributed by atoms with van der Waals surface area (Å²) in [7, 11) is 1.35. The van der Waals surface area contributed by atoms with E-state index in [-0.39, 0.29) is 5.97 Å². The van der Waals surface area contributed by atoms with Gasteiger partial charge < -0.3 is 4.74 Å². The van der Waals surface area contributed by atoms with Crippen LogP contribution < -0.4 is 0 Å². The third-order valence-corrected chi connectivity index (χ3v) is 3.43. The highest BCUT2D eigenvalue weighted by Crippen LogP contribution is 2.14. The van der Waals surface area contributed by atoms with Crippen molar-refractivity contribution in [1.82, 2.24) is 14.6 Å². The smallest absolute Gasteiger partial charge is 0.338 e. The Morgan fingerprint density at radius 3 is 2.71 bits per heavy atom. The molecular weight excluding hydrogens is 290 g/mol. The molecule has 0 saturated carbocycles. The van der Waals surface area contributed by atoms with Crippen molar-refractivity contribution in [3.05, 3.63) is 64.6 Å². The summed E-state index contributed by atoms with van der Waals surface area (Å²) in [5.41, 5.74) is 2.16. The van der Waals surface area contributed by atoms with Crippen LogP contribution in [0.25, 0.3) is 5.65 Å². The third-order valence-electron chi connectivity index (χ3n) is 3.18. The summed E-state index contributed by atoms with van der Waals surface area (Å²) in [5.74, 6) is 0.406. The van der Waals surface area contributed by atoms with Gasteiger partial charge in [-0.2, -0.15) is 0 Å². The lowest BCUT2D eigenvalue weighted by Gasteiger charge is -2.02. The molecule has 6 heteroatoms. The summed E-state index contributed by atoms with van der Waals surface area (Å²) in [6.45, 7) is 0. The highest BCUT2D eigenvalue weighted by molar-refractivity contribution is 6.30. The Morgan fingerprint density at radius 1 is 1.24 bits per heavy atom. The number of nitrogens with zero attached hydrogens (tertiary/aromatic N) is 3. The van der Waals surface area contributed by atoms with E-state index in [0.717, 1.165) is 11.4 Å². The van der Waals surface area contributed by atoms with Gasteiger partial charge in [0.15, 0.2) is 5.65 Å². The Bertz CT molecular complexity index is 796. The first-order valence-corrected chi connectivity index (χ1v) is 6.71. The quantitative estimate of drug-likeness (QED) is 0.698. The number of aromatic nitrogens is 3. The van der Waals surface area contributed by atoms with Crippen molar-refractivity contribution in [3.63, 3.8) is 0 Å². The average molecular weight is 302 g/mol. The van der Waals surface area contributed by atoms with Crippen LogP contribution in [0.15, 0.2) is 42.6 Å². The minimum absolute atomic E-state index is 0.389. The molecule has 0 fully saturated rings. The SMILES string of the molecule is COC(=O)c1ccn2c(Cc3ccc(Cl)cc3)nnc2c1. The Hall–Kier alpha value is -2.40. The molecule has 3 rings (SSSR count). The van der Waals surface area contributed by atoms with Crippen LogP contribution >= 0.6 is 11.6 Å². The molecule has 0 saturated heterocycles. The number of hydrogen-bond donors (Lipinski definition) is 0. The minimum Gasteiger partial charge on any atom is -0.465 e. The molecule has 0 amide bonds. The van der Waals surface area contributed by atoms with Crippen LogP contribution in [0.4, 0.5) is 0 Å². The second-order valence-electron chi connectivity index (χ2n) is 4.55. The molecule has 2 heterocycles. The van der Waals surface area contributed by atoms with Gasteiger partial charge in [-0.1, -0.05) is 23.7 Å². The molecule has 0 radical (unpaired) electrons. The number of rotatable bonds is 3. The van der Waals surface area contributed by atoms with Crippen molar-refractivity contribution in [2.24, 2.45) is 0 Å². The number of fused-ring (bicyclic) bond motifs is 1. The second-order valence-corrected chi connectivity index (χ2v) is 4.99. The van der Waals surface area contributed by atoms with Gasteiger partial charge >= 0.3 is 5.97 Å². The molecule has 0 bridgehead atoms. The summed E-state index contributed by atoms with van der Waals surface area (Å²) in [6, 6.07) is 10.9. The number of carbonyl (C=O) groups excluding carboxylic acids is 1. The van der Waals surface area contributed by atoms with Gasteiger partial charge in [0.25, 0.3) is 0 Å². The van der Waals surface area contributed by atoms with Gasteiger partial charge in [0, 0.05) is 17.6 Å². The largest absolute Gasteiger partial charge is 0.465 e. The molecule has 0 atom stereocenters. The van der Waals surface area contributed by atoms with Gasteiger partial charge in [-0.05, 0) is 29.8 Å². The zero-order chi connectivity index (χ0) is 14.8. The molecule has 0 aliphatic carbocycles. The number of ether oxygens (including phenoxy) is 1. The van der Waals surface area contributed by atoms with Gasteiger partial charge in [-0.25, -0.2) is 4.79 Å². The maximum atomic E-state index is 11.5. The summed E-state index contributed by atoms with van der Waals surface area (Å²) >= 11 is 5.87. The summed E-state index contributed by atoms with van der Waals surface area (Å²) in [4.78, 5) is 11.5. The van der Waals surface area contributed by atoms with Crippen molar-refractivity contribution < 1.29 is 9.53 Å². The maximum Gasteiger partial charge on any atom is 0.338 e. The number of benzene rings is 1. The van der Waals surface area contributed by atoms with Crippen LogP contribution in [-0.4, -0.2) is 27.7 Å². The fourth-order valence-corrected chi connectivity index (χ4v) is 2.22. The van der Waals surface area contributed by atoms with E-state index in [1.165, 1.54) is 7.11 Å². The molecule has 2 aromatic heterocycles. The highest BCUT2D eigenvalue weighted by Gasteiger charge is 2.10. The van der Waals surface area contributed by atoms with Gasteiger partial charge in [0.2, 0.25) is 0 Å². The molecule has 106 valence electrons. The van der Waals surface area contributed by atoms with E-state index >= 15 is 0 Å². The third kappa shape index (κ3) is 2.73. The first kappa shape index (κ1) is 13.6. The standard InChI is InChI=1S/C15H12ClN3O2/c1-21-15(20)11-6-7-19-13(17-18-14(19)9-11)8-10-2-4-12(16)5-3-10/h2-7,9H,8H2,1H3. The Balaban J connectivity index is 1.93. The first-order valence-electron chi connectivity index (χ1n) is 6.34. The van der Waals surface area contributed by atoms with E-state index in [9.17, 15) is 4.79 Å². The molecule has 0 spiro atoms. The van der Waals surface area contributed by atoms with Gasteiger partial charge in [-0.3, -0.25) is 4.40 Å². The second kappa shape index (κ2) is 5.54. The Kier molecular flexibility index (Phi) is 3.58. The maximum absolute atomic E-state index is 11.5. The van der Waals surface area contributed by atoms with Crippen LogP contribution in [0.1, 0.15) is 21.7 Å². The van der Waals surface area contributed by atoms with Crippen LogP contribution in [0, 0.1) is 0 Å². The van der Waals surface area contributed by atoms with Crippen molar-refractivity contribution in [2.45, 2.75) is 6.42 Å². The molecule has 3 aromatic rings. The van der Waals surface area contributed by atoms with E-state index in [1.54, 1.807) is 18.3 Å². The lowest BCUT2D eigenvalue weighted by Crippen LogP contribution is -2.03. The lowest BCUT2D eigenvalue weighted by atomic mass is 10.1. The van der Waals surface area contributed by atoms with Crippen molar-refractivity contribution in [1.29, 1.82) is 0 Å². The van der Waals surface area contributed by atoms with Crippen LogP contribution in [0.3, 0.4) is 0 Å². The number of esters is 1. The van der Waals surface area contributed by atoms with Crippen LogP contribution in [-0.2, 0) is 11.2 Å². The normalized spacial score (nSPS) is 10.8. The summed E-state index contributed by atoms with van der Waals surface area (Å²) in [5, 5.41) is 8.96. The van der Waals surface area contributed by atoms with Crippen molar-refractivity contribution in [3.8, 4) is 0 Å². The van der Waals surface area contributed by atoms with Crippen LogP contribution in [0.5, 0.6) is 0 Å². The molecule has 1 aromatic carbocycles. The monoisotopic (exact) mass is 301 g/mol. The average Bonchev–Trinajstić information content (AvgIpc) is 2.91. The van der Waals surface area contributed by atoms with E-state index in [2.05, 4.69) is 14.9 Å². The number of hydrogen-bond acceptors (Lipinski definition) is 4. The van der Waals surface area contributed by atoms with E-state index < -0.39 is 0 Å². The lowest BCUT2D eigenvalue weighted by molar-refractivity contribution is 0.0600. The summed E-state index contributed by atoms with van der Waals surface area (Å²) < 4.78 is 6.54.